The van der Waals surface area contributed by atoms with Gasteiger partial charge in [-0.25, -0.2) is 5.01 Å². The first-order valence-corrected chi connectivity index (χ1v) is 11.2. The van der Waals surface area contributed by atoms with E-state index in [9.17, 15) is 9.59 Å². The molecule has 0 saturated heterocycles. The lowest BCUT2D eigenvalue weighted by Crippen LogP contribution is -2.24. The zero-order chi connectivity index (χ0) is 23.1. The first-order valence-electron chi connectivity index (χ1n) is 10.5. The minimum absolute atomic E-state index is 0.212. The van der Waals surface area contributed by atoms with E-state index in [0.29, 0.717) is 33.3 Å². The van der Waals surface area contributed by atoms with Gasteiger partial charge in [0.25, 0.3) is 5.56 Å². The molecule has 1 aliphatic heterocycles. The number of aromatic nitrogens is 1. The van der Waals surface area contributed by atoms with Crippen molar-refractivity contribution in [1.82, 2.24) is 9.99 Å². The van der Waals surface area contributed by atoms with E-state index in [4.69, 9.17) is 23.2 Å². The number of nitrogens with one attached hydrogen (secondary N) is 1. The van der Waals surface area contributed by atoms with Crippen molar-refractivity contribution in [3.8, 4) is 11.1 Å². The van der Waals surface area contributed by atoms with Crippen molar-refractivity contribution >= 4 is 45.7 Å². The lowest BCUT2D eigenvalue weighted by Gasteiger charge is -2.20. The molecule has 164 valence electrons. The standard InChI is InChI=1S/C26H19Cl2N3O2/c1-15(32)31-23(17-8-5-9-18(27)12-17)14-22(30-31)25-24(16-6-3-2-4-7-16)20-13-19(28)10-11-21(20)29-26(25)33/h2-13,23H,14H2,1H3,(H,29,33)/t23-/m1/s1. The summed E-state index contributed by atoms with van der Waals surface area (Å²) in [7, 11) is 0. The number of benzene rings is 3. The maximum atomic E-state index is 13.4. The third-order valence-corrected chi connectivity index (χ3v) is 6.26. The summed E-state index contributed by atoms with van der Waals surface area (Å²) >= 11 is 12.5. The van der Waals surface area contributed by atoms with Crippen molar-refractivity contribution in [2.24, 2.45) is 5.10 Å². The van der Waals surface area contributed by atoms with E-state index in [1.54, 1.807) is 18.2 Å². The van der Waals surface area contributed by atoms with Crippen LogP contribution in [-0.4, -0.2) is 21.6 Å². The number of aromatic amines is 1. The molecule has 0 unspecified atom stereocenters. The van der Waals surface area contributed by atoms with Crippen LogP contribution < -0.4 is 5.56 Å². The van der Waals surface area contributed by atoms with Crippen molar-refractivity contribution < 1.29 is 4.79 Å². The second-order valence-corrected chi connectivity index (χ2v) is 8.82. The van der Waals surface area contributed by atoms with Gasteiger partial charge in [-0.05, 0) is 41.5 Å². The first kappa shape index (κ1) is 21.4. The molecule has 5 rings (SSSR count). The summed E-state index contributed by atoms with van der Waals surface area (Å²) in [5.41, 5.74) is 3.86. The Balaban J connectivity index is 1.75. The highest BCUT2D eigenvalue weighted by Crippen LogP contribution is 2.37. The Labute approximate surface area is 200 Å². The number of pyridine rings is 1. The predicted octanol–water partition coefficient (Wildman–Crippen LogP) is 6.20. The van der Waals surface area contributed by atoms with Crippen LogP contribution in [0.5, 0.6) is 0 Å². The second kappa shape index (κ2) is 8.50. The second-order valence-electron chi connectivity index (χ2n) is 7.95. The first-order chi connectivity index (χ1) is 15.9. The summed E-state index contributed by atoms with van der Waals surface area (Å²) < 4.78 is 0. The number of rotatable bonds is 3. The molecule has 1 aromatic heterocycles. The highest BCUT2D eigenvalue weighted by atomic mass is 35.5. The Hall–Kier alpha value is -3.41. The summed E-state index contributed by atoms with van der Waals surface area (Å²) in [6.45, 7) is 1.46. The van der Waals surface area contributed by atoms with E-state index >= 15 is 0 Å². The minimum atomic E-state index is -0.353. The molecule has 4 aromatic rings. The Morgan fingerprint density at radius 3 is 2.45 bits per heavy atom. The van der Waals surface area contributed by atoms with Gasteiger partial charge in [0.1, 0.15) is 0 Å². The van der Waals surface area contributed by atoms with Gasteiger partial charge in [-0.2, -0.15) is 5.10 Å². The SMILES string of the molecule is CC(=O)N1N=C(c2c(-c3ccccc3)c3cc(Cl)ccc3[nH]c2=O)C[C@@H]1c1cccc(Cl)c1. The topological polar surface area (TPSA) is 65.5 Å². The van der Waals surface area contributed by atoms with Crippen molar-refractivity contribution in [3.63, 3.8) is 0 Å². The van der Waals surface area contributed by atoms with Crippen LogP contribution in [0.1, 0.15) is 30.5 Å². The third-order valence-electron chi connectivity index (χ3n) is 5.79. The number of hydrazone groups is 1. The molecular weight excluding hydrogens is 457 g/mol. The Bertz CT molecular complexity index is 1480. The summed E-state index contributed by atoms with van der Waals surface area (Å²) in [4.78, 5) is 28.8. The quantitative estimate of drug-likeness (QED) is 0.383. The van der Waals surface area contributed by atoms with Gasteiger partial charge in [-0.1, -0.05) is 65.7 Å². The van der Waals surface area contributed by atoms with Crippen molar-refractivity contribution in [2.45, 2.75) is 19.4 Å². The average Bonchev–Trinajstić information content (AvgIpc) is 3.24. The number of halogens is 2. The van der Waals surface area contributed by atoms with E-state index in [1.165, 1.54) is 11.9 Å². The van der Waals surface area contributed by atoms with Crippen LogP contribution >= 0.6 is 23.2 Å². The maximum Gasteiger partial charge on any atom is 0.258 e. The molecule has 1 N–H and O–H groups in total. The van der Waals surface area contributed by atoms with Crippen LogP contribution in [-0.2, 0) is 4.79 Å². The molecule has 7 heteroatoms. The van der Waals surface area contributed by atoms with Crippen LogP contribution in [0.3, 0.4) is 0 Å². The zero-order valence-electron chi connectivity index (χ0n) is 17.7. The fourth-order valence-electron chi connectivity index (χ4n) is 4.37. The van der Waals surface area contributed by atoms with Gasteiger partial charge in [-0.3, -0.25) is 9.59 Å². The molecule has 33 heavy (non-hydrogen) atoms. The van der Waals surface area contributed by atoms with Crippen LogP contribution in [0.25, 0.3) is 22.0 Å². The number of hydrogen-bond donors (Lipinski definition) is 1. The van der Waals surface area contributed by atoms with Gasteiger partial charge < -0.3 is 4.98 Å². The Morgan fingerprint density at radius 1 is 0.970 bits per heavy atom. The monoisotopic (exact) mass is 475 g/mol. The van der Waals surface area contributed by atoms with Gasteiger partial charge in [0.2, 0.25) is 5.91 Å². The van der Waals surface area contributed by atoms with Gasteiger partial charge in [0, 0.05) is 39.9 Å². The van der Waals surface area contributed by atoms with Crippen molar-refractivity contribution in [3.05, 3.63) is 104 Å². The Kier molecular flexibility index (Phi) is 5.52. The summed E-state index contributed by atoms with van der Waals surface area (Å²) in [6, 6.07) is 22.0. The zero-order valence-corrected chi connectivity index (χ0v) is 19.2. The van der Waals surface area contributed by atoms with Crippen LogP contribution in [0.2, 0.25) is 10.0 Å². The fourth-order valence-corrected chi connectivity index (χ4v) is 4.74. The number of fused-ring (bicyclic) bond motifs is 1. The number of carbonyl (C=O) groups excluding carboxylic acids is 1. The van der Waals surface area contributed by atoms with Crippen LogP contribution in [0.15, 0.2) is 82.7 Å². The van der Waals surface area contributed by atoms with E-state index in [-0.39, 0.29) is 17.5 Å². The molecule has 2 heterocycles. The molecular formula is C26H19Cl2N3O2. The van der Waals surface area contributed by atoms with Gasteiger partial charge in [0.05, 0.1) is 17.3 Å². The minimum Gasteiger partial charge on any atom is -0.321 e. The smallest absolute Gasteiger partial charge is 0.258 e. The van der Waals surface area contributed by atoms with Crippen LogP contribution in [0.4, 0.5) is 0 Å². The molecule has 0 saturated carbocycles. The summed E-state index contributed by atoms with van der Waals surface area (Å²) in [6.07, 6.45) is 0.384. The predicted molar refractivity (Wildman–Crippen MR) is 133 cm³/mol. The number of carbonyl (C=O) groups is 1. The van der Waals surface area contributed by atoms with Gasteiger partial charge in [-0.15, -0.1) is 0 Å². The number of nitrogens with zero attached hydrogens (tertiary/aromatic N) is 2. The van der Waals surface area contributed by atoms with E-state index in [2.05, 4.69) is 10.1 Å². The maximum absolute atomic E-state index is 13.4. The largest absolute Gasteiger partial charge is 0.321 e. The molecule has 5 nitrogen and oxygen atoms in total. The molecule has 0 radical (unpaired) electrons. The molecule has 0 aliphatic carbocycles. The summed E-state index contributed by atoms with van der Waals surface area (Å²) in [5, 5.41) is 8.01. The highest BCUT2D eigenvalue weighted by Gasteiger charge is 2.34. The lowest BCUT2D eigenvalue weighted by atomic mass is 9.91. The number of hydrogen-bond acceptors (Lipinski definition) is 3. The summed E-state index contributed by atoms with van der Waals surface area (Å²) in [5.74, 6) is -0.212. The fraction of sp³-hybridized carbons (Fsp3) is 0.115. The molecule has 3 aromatic carbocycles. The molecule has 0 fully saturated rings. The third kappa shape index (κ3) is 3.94. The van der Waals surface area contributed by atoms with Crippen molar-refractivity contribution in [1.29, 1.82) is 0 Å². The van der Waals surface area contributed by atoms with E-state index < -0.39 is 0 Å². The molecule has 1 atom stereocenters. The normalized spacial score (nSPS) is 15.7. The number of amides is 1. The molecule has 1 aliphatic rings. The molecule has 0 bridgehead atoms. The van der Waals surface area contributed by atoms with Crippen LogP contribution in [0, 0.1) is 0 Å². The highest BCUT2D eigenvalue weighted by molar-refractivity contribution is 6.31. The van der Waals surface area contributed by atoms with E-state index in [1.807, 2.05) is 54.6 Å². The van der Waals surface area contributed by atoms with Gasteiger partial charge in [0.15, 0.2) is 0 Å². The molecule has 1 amide bonds. The molecule has 0 spiro atoms. The number of H-pyrrole nitrogens is 1. The average molecular weight is 476 g/mol. The van der Waals surface area contributed by atoms with E-state index in [0.717, 1.165) is 22.1 Å². The Morgan fingerprint density at radius 2 is 1.73 bits per heavy atom. The van der Waals surface area contributed by atoms with Crippen molar-refractivity contribution in [2.75, 3.05) is 0 Å². The lowest BCUT2D eigenvalue weighted by molar-refractivity contribution is -0.130. The van der Waals surface area contributed by atoms with Gasteiger partial charge >= 0.3 is 0 Å².